The van der Waals surface area contributed by atoms with Crippen LogP contribution in [-0.4, -0.2) is 53.5 Å². The summed E-state index contributed by atoms with van der Waals surface area (Å²) in [5.74, 6) is -1.78. The van der Waals surface area contributed by atoms with Crippen molar-refractivity contribution in [2.45, 2.75) is 52.0 Å². The molecule has 0 aliphatic heterocycles. The summed E-state index contributed by atoms with van der Waals surface area (Å²) in [5, 5.41) is 18.8. The third kappa shape index (κ3) is 22.2. The first-order chi connectivity index (χ1) is 17.1. The van der Waals surface area contributed by atoms with Crippen LogP contribution in [0.25, 0.3) is 0 Å². The molecular weight excluding hydrogens is 464 g/mol. The van der Waals surface area contributed by atoms with E-state index in [9.17, 15) is 19.2 Å². The number of nitrogens with one attached hydrogen (secondary N) is 1. The number of aliphatic carboxylic acids is 2. The second kappa shape index (κ2) is 23.2. The van der Waals surface area contributed by atoms with E-state index in [-0.39, 0.29) is 5.91 Å². The third-order valence-electron chi connectivity index (χ3n) is 4.14. The topological polar surface area (TPSA) is 199 Å². The van der Waals surface area contributed by atoms with Crippen molar-refractivity contribution >= 4 is 29.8 Å². The monoisotopic (exact) mass is 504 g/mol. The number of carboxylic acids is 2. The molecule has 9 N–H and O–H groups in total. The number of nitrogens with two attached hydrogens (primary N) is 3. The lowest BCUT2D eigenvalue weighted by Gasteiger charge is -2.02. The summed E-state index contributed by atoms with van der Waals surface area (Å²) in [6.45, 7) is 4.52. The SMILES string of the molecule is CC(=O)Nc1ccc(C=O)cc1.CCCC(=O)O.NCCC[C@H](N)C(=O)O.NCCc1ccccc1. The van der Waals surface area contributed by atoms with E-state index in [1.807, 2.05) is 25.1 Å². The summed E-state index contributed by atoms with van der Waals surface area (Å²) < 4.78 is 0. The van der Waals surface area contributed by atoms with Gasteiger partial charge in [-0.25, -0.2) is 0 Å². The maximum atomic E-state index is 10.6. The zero-order valence-corrected chi connectivity index (χ0v) is 21.1. The summed E-state index contributed by atoms with van der Waals surface area (Å²) in [7, 11) is 0. The number of benzene rings is 2. The second-order valence-corrected chi connectivity index (χ2v) is 7.46. The van der Waals surface area contributed by atoms with Gasteiger partial charge in [0.25, 0.3) is 0 Å². The average molecular weight is 505 g/mol. The van der Waals surface area contributed by atoms with E-state index in [4.69, 9.17) is 27.4 Å². The molecule has 10 nitrogen and oxygen atoms in total. The summed E-state index contributed by atoms with van der Waals surface area (Å²) >= 11 is 0. The first kappa shape index (κ1) is 34.6. The van der Waals surface area contributed by atoms with E-state index in [2.05, 4.69) is 17.4 Å². The summed E-state index contributed by atoms with van der Waals surface area (Å²) in [6.07, 6.45) is 3.91. The van der Waals surface area contributed by atoms with Gasteiger partial charge >= 0.3 is 11.9 Å². The maximum Gasteiger partial charge on any atom is 0.320 e. The molecular formula is C26H40N4O6. The highest BCUT2D eigenvalue weighted by atomic mass is 16.4. The normalized spacial score (nSPS) is 10.0. The van der Waals surface area contributed by atoms with Crippen molar-refractivity contribution in [3.05, 3.63) is 65.7 Å². The third-order valence-corrected chi connectivity index (χ3v) is 4.14. The molecule has 10 heteroatoms. The molecule has 0 bridgehead atoms. The number of rotatable bonds is 10. The Hall–Kier alpha value is -3.60. The van der Waals surface area contributed by atoms with Crippen molar-refractivity contribution < 1.29 is 29.4 Å². The number of hydrogen-bond donors (Lipinski definition) is 6. The van der Waals surface area contributed by atoms with Crippen molar-refractivity contribution in [2.24, 2.45) is 17.2 Å². The van der Waals surface area contributed by atoms with Crippen molar-refractivity contribution in [1.29, 1.82) is 0 Å². The van der Waals surface area contributed by atoms with Crippen LogP contribution in [-0.2, 0) is 20.8 Å². The van der Waals surface area contributed by atoms with Crippen LogP contribution in [0, 0.1) is 0 Å². The Morgan fingerprint density at radius 1 is 0.972 bits per heavy atom. The van der Waals surface area contributed by atoms with Crippen molar-refractivity contribution in [2.75, 3.05) is 18.4 Å². The molecule has 0 aliphatic rings. The summed E-state index contributed by atoms with van der Waals surface area (Å²) in [6, 6.07) is 16.2. The molecule has 1 atom stereocenters. The minimum atomic E-state index is -0.955. The van der Waals surface area contributed by atoms with Crippen LogP contribution in [0.2, 0.25) is 0 Å². The van der Waals surface area contributed by atoms with Crippen LogP contribution < -0.4 is 22.5 Å². The van der Waals surface area contributed by atoms with Gasteiger partial charge in [0.05, 0.1) is 0 Å². The Kier molecular flexibility index (Phi) is 22.2. The lowest BCUT2D eigenvalue weighted by Crippen LogP contribution is -2.30. The van der Waals surface area contributed by atoms with Crippen LogP contribution in [0.4, 0.5) is 5.69 Å². The van der Waals surface area contributed by atoms with Gasteiger partial charge in [0.15, 0.2) is 0 Å². The minimum Gasteiger partial charge on any atom is -0.481 e. The fourth-order valence-corrected chi connectivity index (χ4v) is 2.33. The van der Waals surface area contributed by atoms with E-state index in [1.54, 1.807) is 24.3 Å². The Labute approximate surface area is 212 Å². The standard InChI is InChI=1S/C9H9NO2.C8H11N.C5H12N2O2.C4H8O2/c1-7(12)10-9-4-2-8(6-11)3-5-9;9-7-6-8-4-2-1-3-5-8;6-3-1-2-4(7)5(8)9;1-2-3-4(5)6/h2-6H,1H3,(H,10,12);1-5H,6-7,9H2;4H,1-3,6-7H2,(H,8,9);2-3H2,1H3,(H,5,6)/t;;4-;/m..0./s1. The number of anilines is 1. The molecule has 1 amide bonds. The fourth-order valence-electron chi connectivity index (χ4n) is 2.33. The number of hydrogen-bond acceptors (Lipinski definition) is 7. The number of amides is 1. The second-order valence-electron chi connectivity index (χ2n) is 7.46. The molecule has 0 heterocycles. The molecule has 0 fully saturated rings. The number of carboxylic acid groups (broad SMARTS) is 2. The Morgan fingerprint density at radius 3 is 1.92 bits per heavy atom. The zero-order valence-electron chi connectivity index (χ0n) is 21.1. The lowest BCUT2D eigenvalue weighted by molar-refractivity contribution is -0.139. The summed E-state index contributed by atoms with van der Waals surface area (Å²) in [4.78, 5) is 40.5. The first-order valence-corrected chi connectivity index (χ1v) is 11.6. The van der Waals surface area contributed by atoms with Crippen molar-refractivity contribution in [3.8, 4) is 0 Å². The van der Waals surface area contributed by atoms with E-state index in [0.717, 1.165) is 25.7 Å². The first-order valence-electron chi connectivity index (χ1n) is 11.6. The summed E-state index contributed by atoms with van der Waals surface area (Å²) in [5.41, 5.74) is 18.3. The molecule has 36 heavy (non-hydrogen) atoms. The average Bonchev–Trinajstić information content (AvgIpc) is 2.84. The van der Waals surface area contributed by atoms with Crippen LogP contribution >= 0.6 is 0 Å². The molecule has 0 saturated carbocycles. The van der Waals surface area contributed by atoms with Gasteiger partial charge in [-0.1, -0.05) is 37.3 Å². The van der Waals surface area contributed by atoms with Gasteiger partial charge in [-0.3, -0.25) is 19.2 Å². The van der Waals surface area contributed by atoms with Gasteiger partial charge in [-0.05, 0) is 68.6 Å². The molecule has 2 aromatic carbocycles. The van der Waals surface area contributed by atoms with Gasteiger partial charge < -0.3 is 32.7 Å². The highest BCUT2D eigenvalue weighted by Gasteiger charge is 2.08. The Morgan fingerprint density at radius 2 is 1.56 bits per heavy atom. The highest BCUT2D eigenvalue weighted by Crippen LogP contribution is 2.07. The number of aldehydes is 1. The van der Waals surface area contributed by atoms with Gasteiger partial charge in [0.2, 0.25) is 5.91 Å². The molecule has 0 radical (unpaired) electrons. The lowest BCUT2D eigenvalue weighted by atomic mass is 10.2. The quantitative estimate of drug-likeness (QED) is 0.263. The van der Waals surface area contributed by atoms with Gasteiger partial charge in [0, 0.05) is 24.6 Å². The Bertz CT molecular complexity index is 860. The molecule has 200 valence electrons. The molecule has 0 aliphatic carbocycles. The van der Waals surface area contributed by atoms with Crippen molar-refractivity contribution in [1.82, 2.24) is 0 Å². The van der Waals surface area contributed by atoms with E-state index in [1.165, 1.54) is 12.5 Å². The Balaban J connectivity index is 0. The molecule has 0 aromatic heterocycles. The predicted molar refractivity (Wildman–Crippen MR) is 142 cm³/mol. The largest absolute Gasteiger partial charge is 0.481 e. The van der Waals surface area contributed by atoms with E-state index >= 15 is 0 Å². The number of carbonyl (C=O) groups is 4. The van der Waals surface area contributed by atoms with Crippen LogP contribution in [0.5, 0.6) is 0 Å². The number of carbonyl (C=O) groups excluding carboxylic acids is 2. The van der Waals surface area contributed by atoms with Gasteiger partial charge in [-0.15, -0.1) is 0 Å². The van der Waals surface area contributed by atoms with Gasteiger partial charge in [0.1, 0.15) is 12.3 Å². The van der Waals surface area contributed by atoms with Crippen molar-refractivity contribution in [3.63, 3.8) is 0 Å². The minimum absolute atomic E-state index is 0.117. The van der Waals surface area contributed by atoms with Crippen LogP contribution in [0.15, 0.2) is 54.6 Å². The predicted octanol–water partition coefficient (Wildman–Crippen LogP) is 2.65. The van der Waals surface area contributed by atoms with Crippen LogP contribution in [0.3, 0.4) is 0 Å². The zero-order chi connectivity index (χ0) is 27.8. The highest BCUT2D eigenvalue weighted by molar-refractivity contribution is 5.89. The molecule has 2 aromatic rings. The van der Waals surface area contributed by atoms with E-state index in [0.29, 0.717) is 37.1 Å². The maximum absolute atomic E-state index is 10.6. The molecule has 0 saturated heterocycles. The van der Waals surface area contributed by atoms with E-state index < -0.39 is 18.0 Å². The van der Waals surface area contributed by atoms with Gasteiger partial charge in [-0.2, -0.15) is 0 Å². The fraction of sp³-hybridized carbons (Fsp3) is 0.385. The smallest absolute Gasteiger partial charge is 0.320 e. The molecule has 2 rings (SSSR count). The molecule has 0 spiro atoms. The molecule has 0 unspecified atom stereocenters. The van der Waals surface area contributed by atoms with Crippen LogP contribution in [0.1, 0.15) is 55.5 Å².